The maximum Gasteiger partial charge on any atom is 0.196 e. The molecule has 0 spiro atoms. The van der Waals surface area contributed by atoms with Crippen molar-refractivity contribution in [1.82, 2.24) is 0 Å². The first-order valence-corrected chi connectivity index (χ1v) is 6.24. The van der Waals surface area contributed by atoms with Gasteiger partial charge in [0.2, 0.25) is 0 Å². The maximum absolute atomic E-state index is 12.8. The summed E-state index contributed by atoms with van der Waals surface area (Å²) in [5, 5.41) is 0.417. The van der Waals surface area contributed by atoms with Crippen LogP contribution >= 0.6 is 11.6 Å². The third-order valence-electron chi connectivity index (χ3n) is 3.09. The predicted molar refractivity (Wildman–Crippen MR) is 69.8 cm³/mol. The summed E-state index contributed by atoms with van der Waals surface area (Å²) in [6.45, 7) is 0. The van der Waals surface area contributed by atoms with E-state index in [2.05, 4.69) is 0 Å². The van der Waals surface area contributed by atoms with Crippen LogP contribution in [0.3, 0.4) is 0 Å². The van der Waals surface area contributed by atoms with E-state index in [0.717, 1.165) is 5.56 Å². The molecule has 0 bridgehead atoms. The summed E-state index contributed by atoms with van der Waals surface area (Å²) >= 11 is 5.98. The van der Waals surface area contributed by atoms with Crippen molar-refractivity contribution >= 4 is 17.4 Å². The smallest absolute Gasteiger partial charge is 0.196 e. The van der Waals surface area contributed by atoms with Crippen LogP contribution in [0.4, 0.5) is 4.39 Å². The number of hydrogen-bond acceptors (Lipinski definition) is 2. The van der Waals surface area contributed by atoms with Gasteiger partial charge in [-0.3, -0.25) is 4.79 Å². The molecule has 0 N–H and O–H groups in total. The molecule has 2 aromatic carbocycles. The molecular weight excluding hydrogens is 267 g/mol. The number of carbonyl (C=O) groups is 1. The van der Waals surface area contributed by atoms with E-state index >= 15 is 0 Å². The topological polar surface area (TPSA) is 29.6 Å². The molecule has 1 saturated heterocycles. The molecule has 0 aliphatic carbocycles. The molecule has 1 heterocycles. The quantitative estimate of drug-likeness (QED) is 0.630. The second kappa shape index (κ2) is 4.76. The second-order valence-corrected chi connectivity index (χ2v) is 4.78. The van der Waals surface area contributed by atoms with Crippen molar-refractivity contribution in [2.75, 3.05) is 0 Å². The fourth-order valence-corrected chi connectivity index (χ4v) is 2.26. The highest BCUT2D eigenvalue weighted by atomic mass is 35.5. The van der Waals surface area contributed by atoms with Gasteiger partial charge in [0.05, 0.1) is 5.02 Å². The van der Waals surface area contributed by atoms with Crippen molar-refractivity contribution in [3.8, 4) is 0 Å². The summed E-state index contributed by atoms with van der Waals surface area (Å²) in [4.78, 5) is 12.2. The van der Waals surface area contributed by atoms with Gasteiger partial charge in [0, 0.05) is 5.56 Å². The van der Waals surface area contributed by atoms with E-state index in [9.17, 15) is 9.18 Å². The van der Waals surface area contributed by atoms with Crippen LogP contribution in [0.1, 0.15) is 22.0 Å². The number of benzene rings is 2. The van der Waals surface area contributed by atoms with Gasteiger partial charge in [-0.25, -0.2) is 4.39 Å². The zero-order valence-electron chi connectivity index (χ0n) is 9.85. The average Bonchev–Trinajstić information content (AvgIpc) is 3.20. The average molecular weight is 277 g/mol. The summed E-state index contributed by atoms with van der Waals surface area (Å²) in [5.74, 6) is -0.446. The van der Waals surface area contributed by atoms with Crippen molar-refractivity contribution < 1.29 is 13.9 Å². The predicted octanol–water partition coefficient (Wildman–Crippen LogP) is 3.80. The molecule has 0 amide bonds. The number of ketones is 1. The SMILES string of the molecule is O=C(c1ccccc1Cl)[C@@H]1O[C@H]1c1ccc(F)cc1. The Labute approximate surface area is 114 Å². The number of epoxide rings is 1. The molecule has 4 heteroatoms. The van der Waals surface area contributed by atoms with Gasteiger partial charge in [-0.2, -0.15) is 0 Å². The Hall–Kier alpha value is -1.71. The summed E-state index contributed by atoms with van der Waals surface area (Å²) < 4.78 is 18.2. The van der Waals surface area contributed by atoms with Crippen LogP contribution in [0.25, 0.3) is 0 Å². The van der Waals surface area contributed by atoms with Crippen LogP contribution in [0.2, 0.25) is 5.02 Å². The van der Waals surface area contributed by atoms with Gasteiger partial charge in [-0.1, -0.05) is 35.9 Å². The standard InChI is InChI=1S/C15H10ClFO2/c16-12-4-2-1-3-11(12)13(18)15-14(19-15)9-5-7-10(17)8-6-9/h1-8,14-15H/t14-,15-/m0/s1. The molecule has 19 heavy (non-hydrogen) atoms. The van der Waals surface area contributed by atoms with E-state index in [4.69, 9.17) is 16.3 Å². The fraction of sp³-hybridized carbons (Fsp3) is 0.133. The Bertz CT molecular complexity index is 624. The molecule has 0 saturated carbocycles. The molecule has 0 aromatic heterocycles. The molecule has 1 fully saturated rings. The number of carbonyl (C=O) groups excluding carboxylic acids is 1. The van der Waals surface area contributed by atoms with Crippen molar-refractivity contribution in [2.45, 2.75) is 12.2 Å². The lowest BCUT2D eigenvalue weighted by atomic mass is 10.0. The van der Waals surface area contributed by atoms with E-state index in [1.807, 2.05) is 0 Å². The highest BCUT2D eigenvalue weighted by molar-refractivity contribution is 6.34. The van der Waals surface area contributed by atoms with Crippen LogP contribution in [0.15, 0.2) is 48.5 Å². The van der Waals surface area contributed by atoms with Gasteiger partial charge < -0.3 is 4.74 Å². The van der Waals surface area contributed by atoms with Crippen LogP contribution in [-0.2, 0) is 4.74 Å². The summed E-state index contributed by atoms with van der Waals surface area (Å²) in [6.07, 6.45) is -0.824. The van der Waals surface area contributed by atoms with E-state index < -0.39 is 6.10 Å². The van der Waals surface area contributed by atoms with Gasteiger partial charge in [-0.05, 0) is 29.8 Å². The molecule has 0 unspecified atom stereocenters. The fourth-order valence-electron chi connectivity index (χ4n) is 2.03. The zero-order valence-corrected chi connectivity index (χ0v) is 10.6. The lowest BCUT2D eigenvalue weighted by Crippen LogP contribution is -2.08. The molecule has 2 nitrogen and oxygen atoms in total. The van der Waals surface area contributed by atoms with Crippen molar-refractivity contribution in [2.24, 2.45) is 0 Å². The van der Waals surface area contributed by atoms with Crippen molar-refractivity contribution in [3.63, 3.8) is 0 Å². The van der Waals surface area contributed by atoms with Gasteiger partial charge >= 0.3 is 0 Å². The Morgan fingerprint density at radius 2 is 1.79 bits per heavy atom. The monoisotopic (exact) mass is 276 g/mol. The highest BCUT2D eigenvalue weighted by Crippen LogP contribution is 2.41. The van der Waals surface area contributed by atoms with E-state index in [1.165, 1.54) is 12.1 Å². The lowest BCUT2D eigenvalue weighted by molar-refractivity contribution is 0.0954. The Morgan fingerprint density at radius 1 is 1.11 bits per heavy atom. The second-order valence-electron chi connectivity index (χ2n) is 4.37. The van der Waals surface area contributed by atoms with Crippen LogP contribution in [0.5, 0.6) is 0 Å². The van der Waals surface area contributed by atoms with Gasteiger partial charge in [0.15, 0.2) is 11.9 Å². The third kappa shape index (κ3) is 2.39. The summed E-state index contributed by atoms with van der Waals surface area (Å²) in [5.41, 5.74) is 1.26. The van der Waals surface area contributed by atoms with Crippen molar-refractivity contribution in [1.29, 1.82) is 0 Å². The highest BCUT2D eigenvalue weighted by Gasteiger charge is 2.46. The molecule has 96 valence electrons. The van der Waals surface area contributed by atoms with Gasteiger partial charge in [0.1, 0.15) is 11.9 Å². The lowest BCUT2D eigenvalue weighted by Gasteiger charge is -2.00. The zero-order chi connectivity index (χ0) is 13.4. The largest absolute Gasteiger partial charge is 0.356 e. The summed E-state index contributed by atoms with van der Waals surface area (Å²) in [7, 11) is 0. The first kappa shape index (κ1) is 12.3. The Balaban J connectivity index is 1.78. The molecule has 2 aromatic rings. The summed E-state index contributed by atoms with van der Waals surface area (Å²) in [6, 6.07) is 12.8. The molecule has 1 aliphatic heterocycles. The first-order valence-electron chi connectivity index (χ1n) is 5.86. The van der Waals surface area contributed by atoms with Crippen LogP contribution in [0, 0.1) is 5.82 Å². The minimum atomic E-state index is -0.523. The van der Waals surface area contributed by atoms with Crippen molar-refractivity contribution in [3.05, 3.63) is 70.5 Å². The third-order valence-corrected chi connectivity index (χ3v) is 3.42. The molecule has 2 atom stereocenters. The maximum atomic E-state index is 12.8. The minimum Gasteiger partial charge on any atom is -0.356 e. The molecule has 3 rings (SSSR count). The molecular formula is C15H10ClFO2. The first-order chi connectivity index (χ1) is 9.16. The normalized spacial score (nSPS) is 21.2. The van der Waals surface area contributed by atoms with Gasteiger partial charge in [-0.15, -0.1) is 0 Å². The number of rotatable bonds is 3. The number of hydrogen-bond donors (Lipinski definition) is 0. The van der Waals surface area contributed by atoms with E-state index in [-0.39, 0.29) is 17.7 Å². The number of ether oxygens (including phenoxy) is 1. The Kier molecular flexibility index (Phi) is 3.09. The van der Waals surface area contributed by atoms with E-state index in [0.29, 0.717) is 10.6 Å². The minimum absolute atomic E-state index is 0.139. The number of halogens is 2. The van der Waals surface area contributed by atoms with E-state index in [1.54, 1.807) is 36.4 Å². The Morgan fingerprint density at radius 3 is 2.47 bits per heavy atom. The van der Waals surface area contributed by atoms with Crippen LogP contribution in [-0.4, -0.2) is 11.9 Å². The van der Waals surface area contributed by atoms with Crippen LogP contribution < -0.4 is 0 Å². The van der Waals surface area contributed by atoms with Gasteiger partial charge in [0.25, 0.3) is 0 Å². The number of Topliss-reactive ketones (excluding diaryl/α,β-unsaturated/α-hetero) is 1. The molecule has 1 aliphatic rings. The molecule has 0 radical (unpaired) electrons.